The van der Waals surface area contributed by atoms with Gasteiger partial charge in [-0.25, -0.2) is 8.42 Å². The van der Waals surface area contributed by atoms with Crippen LogP contribution in [0.5, 0.6) is 0 Å². The molecular formula is C14H19N3O3S. The number of aromatic amines is 1. The maximum atomic E-state index is 12.9. The Morgan fingerprint density at radius 1 is 1.29 bits per heavy atom. The SMILES string of the molecule is CCN(c1ccccc1C)S(=O)(=O)c1c(CO)n[nH]c1C. The Hall–Kier alpha value is -1.86. The van der Waals surface area contributed by atoms with Crippen LogP contribution in [-0.2, 0) is 16.6 Å². The predicted octanol–water partition coefficient (Wildman–Crippen LogP) is 1.73. The summed E-state index contributed by atoms with van der Waals surface area (Å²) in [4.78, 5) is 0.0510. The lowest BCUT2D eigenvalue weighted by Gasteiger charge is -2.24. The molecule has 0 spiro atoms. The van der Waals surface area contributed by atoms with Crippen molar-refractivity contribution in [2.45, 2.75) is 32.3 Å². The first-order valence-corrected chi connectivity index (χ1v) is 8.10. The minimum atomic E-state index is -3.78. The van der Waals surface area contributed by atoms with Crippen LogP contribution in [0.2, 0.25) is 0 Å². The quantitative estimate of drug-likeness (QED) is 0.880. The smallest absolute Gasteiger partial charge is 0.268 e. The number of hydrogen-bond acceptors (Lipinski definition) is 4. The molecule has 114 valence electrons. The highest BCUT2D eigenvalue weighted by Crippen LogP contribution is 2.29. The second-order valence-electron chi connectivity index (χ2n) is 4.74. The molecule has 0 fully saturated rings. The molecule has 2 rings (SSSR count). The average Bonchev–Trinajstić information content (AvgIpc) is 2.83. The highest BCUT2D eigenvalue weighted by Gasteiger charge is 2.30. The van der Waals surface area contributed by atoms with Crippen LogP contribution in [0.4, 0.5) is 5.69 Å². The Balaban J connectivity index is 2.61. The second-order valence-corrected chi connectivity index (χ2v) is 6.54. The summed E-state index contributed by atoms with van der Waals surface area (Å²) in [7, 11) is -3.78. The molecule has 0 amide bonds. The molecule has 0 bridgehead atoms. The van der Waals surface area contributed by atoms with Gasteiger partial charge in [0.2, 0.25) is 0 Å². The van der Waals surface area contributed by atoms with E-state index in [9.17, 15) is 13.5 Å². The van der Waals surface area contributed by atoms with Crippen LogP contribution >= 0.6 is 0 Å². The third-order valence-electron chi connectivity index (χ3n) is 3.33. The Morgan fingerprint density at radius 2 is 1.95 bits per heavy atom. The zero-order chi connectivity index (χ0) is 15.6. The summed E-state index contributed by atoms with van der Waals surface area (Å²) in [6.45, 7) is 5.14. The summed E-state index contributed by atoms with van der Waals surface area (Å²) in [6, 6.07) is 7.30. The lowest BCUT2D eigenvalue weighted by atomic mass is 10.2. The molecular weight excluding hydrogens is 290 g/mol. The van der Waals surface area contributed by atoms with Crippen LogP contribution in [0.25, 0.3) is 0 Å². The fourth-order valence-electron chi connectivity index (χ4n) is 2.34. The molecule has 0 aliphatic heterocycles. The Kier molecular flexibility index (Phi) is 4.34. The molecule has 0 saturated carbocycles. The molecule has 0 radical (unpaired) electrons. The number of benzene rings is 1. The van der Waals surface area contributed by atoms with Crippen molar-refractivity contribution in [2.24, 2.45) is 0 Å². The number of H-pyrrole nitrogens is 1. The van der Waals surface area contributed by atoms with Gasteiger partial charge in [-0.3, -0.25) is 9.40 Å². The van der Waals surface area contributed by atoms with Gasteiger partial charge in [0.05, 0.1) is 18.0 Å². The zero-order valence-corrected chi connectivity index (χ0v) is 13.1. The largest absolute Gasteiger partial charge is 0.390 e. The molecule has 7 heteroatoms. The van der Waals surface area contributed by atoms with Crippen molar-refractivity contribution in [3.05, 3.63) is 41.2 Å². The fourth-order valence-corrected chi connectivity index (χ4v) is 4.21. The summed E-state index contributed by atoms with van der Waals surface area (Å²) in [5.74, 6) is 0. The van der Waals surface area contributed by atoms with Gasteiger partial charge in [-0.2, -0.15) is 5.10 Å². The number of aliphatic hydroxyl groups is 1. The third-order valence-corrected chi connectivity index (χ3v) is 5.42. The number of sulfonamides is 1. The topological polar surface area (TPSA) is 86.3 Å². The van der Waals surface area contributed by atoms with Crippen LogP contribution in [0.3, 0.4) is 0 Å². The number of aromatic nitrogens is 2. The standard InChI is InChI=1S/C14H19N3O3S/c1-4-17(13-8-6-5-7-10(13)2)21(19,20)14-11(3)15-16-12(14)9-18/h5-8,18H,4,9H2,1-3H3,(H,15,16). The number of hydrogen-bond donors (Lipinski definition) is 2. The zero-order valence-electron chi connectivity index (χ0n) is 12.3. The lowest BCUT2D eigenvalue weighted by molar-refractivity contribution is 0.273. The molecule has 2 N–H and O–H groups in total. The number of para-hydroxylation sites is 1. The van der Waals surface area contributed by atoms with E-state index in [-0.39, 0.29) is 10.6 Å². The number of anilines is 1. The van der Waals surface area contributed by atoms with E-state index in [0.717, 1.165) is 5.56 Å². The minimum Gasteiger partial charge on any atom is -0.390 e. The van der Waals surface area contributed by atoms with Gasteiger partial charge in [-0.15, -0.1) is 0 Å². The minimum absolute atomic E-state index is 0.0510. The molecule has 0 atom stereocenters. The van der Waals surface area contributed by atoms with E-state index < -0.39 is 16.6 Å². The normalized spacial score (nSPS) is 11.6. The maximum Gasteiger partial charge on any atom is 0.268 e. The highest BCUT2D eigenvalue weighted by atomic mass is 32.2. The van der Waals surface area contributed by atoms with Gasteiger partial charge in [-0.05, 0) is 32.4 Å². The highest BCUT2D eigenvalue weighted by molar-refractivity contribution is 7.93. The number of aliphatic hydroxyl groups excluding tert-OH is 1. The van der Waals surface area contributed by atoms with Crippen LogP contribution in [0, 0.1) is 13.8 Å². The Bertz CT molecular complexity index is 738. The summed E-state index contributed by atoms with van der Waals surface area (Å²) < 4.78 is 27.2. The van der Waals surface area contributed by atoms with Crippen molar-refractivity contribution < 1.29 is 13.5 Å². The maximum absolute atomic E-state index is 12.9. The molecule has 0 aliphatic carbocycles. The molecule has 1 heterocycles. The first kappa shape index (κ1) is 15.5. The van der Waals surface area contributed by atoms with Crippen molar-refractivity contribution in [2.75, 3.05) is 10.8 Å². The van der Waals surface area contributed by atoms with Crippen LogP contribution in [0.1, 0.15) is 23.9 Å². The van der Waals surface area contributed by atoms with Crippen LogP contribution in [-0.4, -0.2) is 30.3 Å². The van der Waals surface area contributed by atoms with Crippen LogP contribution < -0.4 is 4.31 Å². The summed E-state index contributed by atoms with van der Waals surface area (Å²) in [5, 5.41) is 15.8. The number of rotatable bonds is 5. The van der Waals surface area contributed by atoms with E-state index in [1.807, 2.05) is 19.1 Å². The average molecular weight is 309 g/mol. The first-order chi connectivity index (χ1) is 9.93. The number of aryl methyl sites for hydroxylation is 2. The fraction of sp³-hybridized carbons (Fsp3) is 0.357. The van der Waals surface area contributed by atoms with Gasteiger partial charge in [-0.1, -0.05) is 18.2 Å². The van der Waals surface area contributed by atoms with E-state index in [1.54, 1.807) is 26.0 Å². The van der Waals surface area contributed by atoms with Gasteiger partial charge in [0, 0.05) is 6.54 Å². The van der Waals surface area contributed by atoms with Crippen molar-refractivity contribution in [3.63, 3.8) is 0 Å². The van der Waals surface area contributed by atoms with Gasteiger partial charge < -0.3 is 5.11 Å². The number of nitrogens with zero attached hydrogens (tertiary/aromatic N) is 2. The predicted molar refractivity (Wildman–Crippen MR) is 80.6 cm³/mol. The first-order valence-electron chi connectivity index (χ1n) is 6.66. The molecule has 6 nitrogen and oxygen atoms in total. The van der Waals surface area contributed by atoms with E-state index in [2.05, 4.69) is 10.2 Å². The molecule has 1 aromatic heterocycles. The molecule has 21 heavy (non-hydrogen) atoms. The monoisotopic (exact) mass is 309 g/mol. The van der Waals surface area contributed by atoms with Crippen LogP contribution in [0.15, 0.2) is 29.2 Å². The van der Waals surface area contributed by atoms with E-state index >= 15 is 0 Å². The van der Waals surface area contributed by atoms with E-state index in [4.69, 9.17) is 0 Å². The summed E-state index contributed by atoms with van der Waals surface area (Å²) in [6.07, 6.45) is 0. The molecule has 1 aromatic carbocycles. The van der Waals surface area contributed by atoms with Gasteiger partial charge in [0.15, 0.2) is 0 Å². The van der Waals surface area contributed by atoms with Crippen molar-refractivity contribution in [1.29, 1.82) is 0 Å². The lowest BCUT2D eigenvalue weighted by Crippen LogP contribution is -2.32. The summed E-state index contributed by atoms with van der Waals surface area (Å²) in [5.41, 5.74) is 2.06. The Morgan fingerprint density at radius 3 is 2.52 bits per heavy atom. The molecule has 0 saturated heterocycles. The molecule has 2 aromatic rings. The van der Waals surface area contributed by atoms with Crippen molar-refractivity contribution in [1.82, 2.24) is 10.2 Å². The second kappa shape index (κ2) is 5.87. The van der Waals surface area contributed by atoms with Crippen molar-refractivity contribution in [3.8, 4) is 0 Å². The van der Waals surface area contributed by atoms with E-state index in [0.29, 0.717) is 17.9 Å². The Labute approximate surface area is 124 Å². The summed E-state index contributed by atoms with van der Waals surface area (Å²) >= 11 is 0. The van der Waals surface area contributed by atoms with E-state index in [1.165, 1.54) is 4.31 Å². The van der Waals surface area contributed by atoms with Crippen molar-refractivity contribution >= 4 is 15.7 Å². The van der Waals surface area contributed by atoms with Gasteiger partial charge >= 0.3 is 0 Å². The van der Waals surface area contributed by atoms with Gasteiger partial charge in [0.1, 0.15) is 10.6 Å². The molecule has 0 aliphatic rings. The third kappa shape index (κ3) is 2.66. The number of nitrogens with one attached hydrogen (secondary N) is 1. The van der Waals surface area contributed by atoms with Gasteiger partial charge in [0.25, 0.3) is 10.0 Å². The molecule has 0 unspecified atom stereocenters.